The van der Waals surface area contributed by atoms with Gasteiger partial charge in [-0.05, 0) is 23.5 Å². The lowest BCUT2D eigenvalue weighted by molar-refractivity contribution is 0.611. The van der Waals surface area contributed by atoms with Crippen LogP contribution in [-0.2, 0) is 5.41 Å². The lowest BCUT2D eigenvalue weighted by atomic mass is 9.86. The predicted octanol–water partition coefficient (Wildman–Crippen LogP) is 4.70. The molecule has 1 rings (SSSR count). The maximum absolute atomic E-state index is 6.07. The predicted molar refractivity (Wildman–Crippen MR) is 72.6 cm³/mol. The van der Waals surface area contributed by atoms with Crippen LogP contribution in [-0.4, -0.2) is 4.43 Å². The largest absolute Gasteiger partial charge is 0.118 e. The Hall–Kier alpha value is 0.240. The number of rotatable bonds is 3. The van der Waals surface area contributed by atoms with Crippen molar-refractivity contribution in [3.8, 4) is 0 Å². The summed E-state index contributed by atoms with van der Waals surface area (Å²) < 4.78 is 1.12. The van der Waals surface area contributed by atoms with E-state index in [0.717, 1.165) is 4.43 Å². The second-order valence-corrected chi connectivity index (χ2v) is 5.68. The highest BCUT2D eigenvalue weighted by atomic mass is 127. The summed E-state index contributed by atoms with van der Waals surface area (Å²) in [6.45, 7) is 6.53. The lowest BCUT2D eigenvalue weighted by Crippen LogP contribution is -2.18. The highest BCUT2D eigenvalue weighted by Crippen LogP contribution is 2.29. The summed E-state index contributed by atoms with van der Waals surface area (Å²) in [6.07, 6.45) is 0. The molecule has 0 heterocycles. The molecule has 1 aromatic carbocycles. The third-order valence-electron chi connectivity index (χ3n) is 2.46. The molecular formula is C12H16ClI. The molecule has 0 aliphatic carbocycles. The molecule has 14 heavy (non-hydrogen) atoms. The Morgan fingerprint density at radius 1 is 1.43 bits per heavy atom. The Morgan fingerprint density at radius 3 is 2.57 bits per heavy atom. The van der Waals surface area contributed by atoms with E-state index in [1.807, 2.05) is 6.92 Å². The number of alkyl halides is 2. The zero-order valence-corrected chi connectivity index (χ0v) is 11.8. The molecule has 0 aromatic heterocycles. The minimum Gasteiger partial charge on any atom is -0.118 e. The van der Waals surface area contributed by atoms with Crippen LogP contribution in [0.5, 0.6) is 0 Å². The van der Waals surface area contributed by atoms with Gasteiger partial charge in [-0.2, -0.15) is 0 Å². The van der Waals surface area contributed by atoms with Crippen LogP contribution in [0.15, 0.2) is 24.3 Å². The van der Waals surface area contributed by atoms with E-state index in [9.17, 15) is 0 Å². The Labute approximate surface area is 105 Å². The maximum atomic E-state index is 6.07. The second-order valence-electron chi connectivity index (χ2n) is 4.26. The summed E-state index contributed by atoms with van der Waals surface area (Å²) in [4.78, 5) is 0. The third-order valence-corrected chi connectivity index (χ3v) is 4.62. The average molecular weight is 323 g/mol. The summed E-state index contributed by atoms with van der Waals surface area (Å²) in [5.74, 6) is 0. The molecule has 0 N–H and O–H groups in total. The van der Waals surface area contributed by atoms with Crippen molar-refractivity contribution in [2.24, 2.45) is 0 Å². The van der Waals surface area contributed by atoms with Crippen molar-refractivity contribution >= 4 is 34.2 Å². The molecule has 0 aliphatic heterocycles. The second kappa shape index (κ2) is 4.84. The molecule has 0 fully saturated rings. The fourth-order valence-corrected chi connectivity index (χ4v) is 1.86. The van der Waals surface area contributed by atoms with Crippen LogP contribution in [0.25, 0.3) is 0 Å². The van der Waals surface area contributed by atoms with Gasteiger partial charge >= 0.3 is 0 Å². The molecule has 0 bridgehead atoms. The topological polar surface area (TPSA) is 0 Å². The molecule has 1 unspecified atom stereocenters. The van der Waals surface area contributed by atoms with Gasteiger partial charge in [0.05, 0.1) is 5.38 Å². The van der Waals surface area contributed by atoms with Crippen molar-refractivity contribution < 1.29 is 0 Å². The third kappa shape index (κ3) is 2.86. The summed E-state index contributed by atoms with van der Waals surface area (Å²) in [5, 5.41) is 0.0972. The van der Waals surface area contributed by atoms with Crippen molar-refractivity contribution in [1.82, 2.24) is 0 Å². The molecule has 0 saturated carbocycles. The van der Waals surface area contributed by atoms with Gasteiger partial charge in [-0.3, -0.25) is 0 Å². The van der Waals surface area contributed by atoms with Crippen LogP contribution >= 0.6 is 34.2 Å². The number of halogens is 2. The highest BCUT2D eigenvalue weighted by molar-refractivity contribution is 14.1. The minimum atomic E-state index is 0.0972. The van der Waals surface area contributed by atoms with E-state index in [1.54, 1.807) is 0 Å². The van der Waals surface area contributed by atoms with Gasteiger partial charge in [-0.15, -0.1) is 11.6 Å². The van der Waals surface area contributed by atoms with Crippen LogP contribution in [0.4, 0.5) is 0 Å². The van der Waals surface area contributed by atoms with Crippen molar-refractivity contribution in [2.75, 3.05) is 4.43 Å². The lowest BCUT2D eigenvalue weighted by Gasteiger charge is -2.23. The first-order valence-electron chi connectivity index (χ1n) is 4.78. The van der Waals surface area contributed by atoms with Crippen molar-refractivity contribution in [3.05, 3.63) is 35.4 Å². The van der Waals surface area contributed by atoms with Crippen LogP contribution in [0.2, 0.25) is 0 Å². The molecule has 0 nitrogen and oxygen atoms in total. The molecule has 0 amide bonds. The van der Waals surface area contributed by atoms with E-state index in [-0.39, 0.29) is 10.8 Å². The van der Waals surface area contributed by atoms with Gasteiger partial charge in [0, 0.05) is 4.43 Å². The molecule has 0 aliphatic rings. The maximum Gasteiger partial charge on any atom is 0.0557 e. The van der Waals surface area contributed by atoms with Crippen LogP contribution in [0, 0.1) is 0 Å². The van der Waals surface area contributed by atoms with Crippen molar-refractivity contribution in [1.29, 1.82) is 0 Å². The Balaban J connectivity index is 3.05. The normalized spacial score (nSPS) is 14.1. The SMILES string of the molecule is CC(Cl)c1cccc(C(C)(C)CI)c1. The molecule has 1 atom stereocenters. The number of hydrogen-bond donors (Lipinski definition) is 0. The van der Waals surface area contributed by atoms with Crippen LogP contribution in [0.3, 0.4) is 0 Å². The fraction of sp³-hybridized carbons (Fsp3) is 0.500. The zero-order valence-electron chi connectivity index (χ0n) is 8.85. The van der Waals surface area contributed by atoms with Gasteiger partial charge in [0.2, 0.25) is 0 Å². The van der Waals surface area contributed by atoms with Gasteiger partial charge < -0.3 is 0 Å². The van der Waals surface area contributed by atoms with Crippen LogP contribution in [0.1, 0.15) is 37.3 Å². The van der Waals surface area contributed by atoms with Crippen molar-refractivity contribution in [3.63, 3.8) is 0 Å². The van der Waals surface area contributed by atoms with Gasteiger partial charge in [-0.1, -0.05) is 60.7 Å². The summed E-state index contributed by atoms with van der Waals surface area (Å²) in [7, 11) is 0. The van der Waals surface area contributed by atoms with E-state index in [0.29, 0.717) is 0 Å². The fourth-order valence-electron chi connectivity index (χ4n) is 1.28. The molecule has 2 heteroatoms. The number of benzene rings is 1. The summed E-state index contributed by atoms with van der Waals surface area (Å²) in [6, 6.07) is 8.58. The molecule has 0 spiro atoms. The van der Waals surface area contributed by atoms with Crippen molar-refractivity contribution in [2.45, 2.75) is 31.6 Å². The van der Waals surface area contributed by atoms with E-state index in [1.165, 1.54) is 11.1 Å². The molecular weight excluding hydrogens is 306 g/mol. The first kappa shape index (κ1) is 12.3. The van der Waals surface area contributed by atoms with Gasteiger partial charge in [-0.25, -0.2) is 0 Å². The van der Waals surface area contributed by atoms with E-state index < -0.39 is 0 Å². The molecule has 1 aromatic rings. The Morgan fingerprint density at radius 2 is 2.07 bits per heavy atom. The Kier molecular flexibility index (Phi) is 4.26. The van der Waals surface area contributed by atoms with Gasteiger partial charge in [0.1, 0.15) is 0 Å². The first-order chi connectivity index (χ1) is 6.47. The van der Waals surface area contributed by atoms with E-state index >= 15 is 0 Å². The summed E-state index contributed by atoms with van der Waals surface area (Å²) in [5.41, 5.74) is 2.82. The quantitative estimate of drug-likeness (QED) is 0.559. The van der Waals surface area contributed by atoms with E-state index in [4.69, 9.17) is 11.6 Å². The van der Waals surface area contributed by atoms with Gasteiger partial charge in [0.25, 0.3) is 0 Å². The van der Waals surface area contributed by atoms with Crippen LogP contribution < -0.4 is 0 Å². The smallest absolute Gasteiger partial charge is 0.0557 e. The minimum absolute atomic E-state index is 0.0972. The average Bonchev–Trinajstić information content (AvgIpc) is 2.18. The molecule has 78 valence electrons. The first-order valence-corrected chi connectivity index (χ1v) is 6.74. The summed E-state index contributed by atoms with van der Waals surface area (Å²) >= 11 is 8.50. The Bertz CT molecular complexity index is 305. The zero-order chi connectivity index (χ0) is 10.8. The van der Waals surface area contributed by atoms with E-state index in [2.05, 4.69) is 60.7 Å². The molecule has 0 radical (unpaired) electrons. The highest BCUT2D eigenvalue weighted by Gasteiger charge is 2.19. The molecule has 0 saturated heterocycles. The standard InChI is InChI=1S/C12H16ClI/c1-9(13)10-5-4-6-11(7-10)12(2,3)8-14/h4-7,9H,8H2,1-3H3. The monoisotopic (exact) mass is 322 g/mol. The van der Waals surface area contributed by atoms with Gasteiger partial charge in [0.15, 0.2) is 0 Å². The number of hydrogen-bond acceptors (Lipinski definition) is 0.